The van der Waals surface area contributed by atoms with Crippen molar-refractivity contribution in [1.82, 2.24) is 4.57 Å². The summed E-state index contributed by atoms with van der Waals surface area (Å²) in [6.45, 7) is 6.03. The normalized spacial score (nSPS) is 15.6. The number of carbonyl (C=O) groups excluding carboxylic acids is 1. The maximum Gasteiger partial charge on any atom is 0.338 e. The Bertz CT molecular complexity index is 1480. The minimum Gasteiger partial charge on any atom is -0.493 e. The molecule has 1 unspecified atom stereocenters. The van der Waals surface area contributed by atoms with E-state index >= 15 is 0 Å². The number of allylic oxidation sites excluding steroid dienone is 1. The van der Waals surface area contributed by atoms with Crippen LogP contribution in [0.2, 0.25) is 0 Å². The average Bonchev–Trinajstić information content (AvgIpc) is 3.16. The second kappa shape index (κ2) is 9.92. The third kappa shape index (κ3) is 4.53. The van der Waals surface area contributed by atoms with Gasteiger partial charge in [0.05, 0.1) is 43.2 Å². The summed E-state index contributed by atoms with van der Waals surface area (Å²) in [5.74, 6) is 0.935. The lowest BCUT2D eigenvalue weighted by Crippen LogP contribution is -2.39. The molecule has 182 valence electrons. The van der Waals surface area contributed by atoms with Crippen LogP contribution < -0.4 is 24.4 Å². The van der Waals surface area contributed by atoms with Crippen molar-refractivity contribution in [3.63, 3.8) is 0 Å². The Hall–Kier alpha value is -3.65. The zero-order valence-electron chi connectivity index (χ0n) is 20.6. The van der Waals surface area contributed by atoms with Gasteiger partial charge < -0.3 is 14.2 Å². The molecule has 0 spiro atoms. The van der Waals surface area contributed by atoms with Gasteiger partial charge in [-0.1, -0.05) is 55.5 Å². The van der Waals surface area contributed by atoms with Crippen LogP contribution in [0.1, 0.15) is 49.4 Å². The summed E-state index contributed by atoms with van der Waals surface area (Å²) in [5.41, 5.74) is 3.42. The van der Waals surface area contributed by atoms with Gasteiger partial charge in [-0.25, -0.2) is 9.79 Å². The van der Waals surface area contributed by atoms with Gasteiger partial charge in [0.1, 0.15) is 0 Å². The number of esters is 1. The Labute approximate surface area is 207 Å². The zero-order chi connectivity index (χ0) is 25.3. The molecule has 1 aliphatic rings. The van der Waals surface area contributed by atoms with Crippen molar-refractivity contribution in [2.75, 3.05) is 21.3 Å². The first-order valence-corrected chi connectivity index (χ1v) is 12.0. The van der Waals surface area contributed by atoms with E-state index in [1.807, 2.05) is 24.3 Å². The molecule has 0 radical (unpaired) electrons. The molecule has 0 N–H and O–H groups in total. The van der Waals surface area contributed by atoms with E-state index in [-0.39, 0.29) is 5.56 Å². The molecule has 3 aromatic rings. The Balaban J connectivity index is 1.93. The highest BCUT2D eigenvalue weighted by molar-refractivity contribution is 7.07. The van der Waals surface area contributed by atoms with Crippen molar-refractivity contribution in [2.45, 2.75) is 32.7 Å². The molecule has 1 atom stereocenters. The van der Waals surface area contributed by atoms with Crippen molar-refractivity contribution in [1.29, 1.82) is 0 Å². The van der Waals surface area contributed by atoms with Gasteiger partial charge in [0.15, 0.2) is 16.3 Å². The summed E-state index contributed by atoms with van der Waals surface area (Å²) in [7, 11) is 4.42. The van der Waals surface area contributed by atoms with Crippen LogP contribution in [0.15, 0.2) is 63.5 Å². The fourth-order valence-corrected chi connectivity index (χ4v) is 5.21. The van der Waals surface area contributed by atoms with Crippen molar-refractivity contribution in [2.24, 2.45) is 4.99 Å². The van der Waals surface area contributed by atoms with Crippen molar-refractivity contribution in [3.05, 3.63) is 90.1 Å². The summed E-state index contributed by atoms with van der Waals surface area (Å²) in [6, 6.07) is 12.8. The van der Waals surface area contributed by atoms with Crippen LogP contribution in [0, 0.1) is 0 Å². The number of benzene rings is 2. The van der Waals surface area contributed by atoms with Gasteiger partial charge in [0.25, 0.3) is 5.56 Å². The minimum absolute atomic E-state index is 0.227. The molecule has 2 aromatic carbocycles. The molecule has 0 saturated heterocycles. The molecular formula is C27H28N2O5S. The van der Waals surface area contributed by atoms with Gasteiger partial charge >= 0.3 is 5.97 Å². The first kappa shape index (κ1) is 24.5. The molecule has 0 amide bonds. The van der Waals surface area contributed by atoms with Crippen molar-refractivity contribution >= 4 is 23.4 Å². The molecule has 2 heterocycles. The van der Waals surface area contributed by atoms with Crippen LogP contribution in [0.4, 0.5) is 0 Å². The molecule has 1 aromatic heterocycles. The topological polar surface area (TPSA) is 79.1 Å². The van der Waals surface area contributed by atoms with Gasteiger partial charge in [-0.2, -0.15) is 0 Å². The molecule has 0 saturated carbocycles. The van der Waals surface area contributed by atoms with Crippen LogP contribution in [0.3, 0.4) is 0 Å². The highest BCUT2D eigenvalue weighted by Gasteiger charge is 2.33. The van der Waals surface area contributed by atoms with Gasteiger partial charge in [0.2, 0.25) is 0 Å². The highest BCUT2D eigenvalue weighted by atomic mass is 32.1. The summed E-state index contributed by atoms with van der Waals surface area (Å²) in [4.78, 5) is 31.6. The third-order valence-corrected chi connectivity index (χ3v) is 7.03. The van der Waals surface area contributed by atoms with E-state index in [4.69, 9.17) is 14.2 Å². The maximum absolute atomic E-state index is 13.7. The zero-order valence-corrected chi connectivity index (χ0v) is 21.4. The van der Waals surface area contributed by atoms with Gasteiger partial charge in [-0.15, -0.1) is 0 Å². The molecule has 0 fully saturated rings. The fourth-order valence-electron chi connectivity index (χ4n) is 4.16. The lowest BCUT2D eigenvalue weighted by Gasteiger charge is -2.25. The second-order valence-electron chi connectivity index (χ2n) is 8.51. The fraction of sp³-hybridized carbons (Fsp3) is 0.296. The van der Waals surface area contributed by atoms with Crippen LogP contribution in [0.25, 0.3) is 6.08 Å². The van der Waals surface area contributed by atoms with Crippen LogP contribution in [0.5, 0.6) is 11.5 Å². The first-order valence-electron chi connectivity index (χ1n) is 11.2. The maximum atomic E-state index is 13.7. The van der Waals surface area contributed by atoms with E-state index in [2.05, 4.69) is 31.0 Å². The van der Waals surface area contributed by atoms with Gasteiger partial charge in [-0.05, 0) is 47.7 Å². The summed E-state index contributed by atoms with van der Waals surface area (Å²) >= 11 is 1.29. The Morgan fingerprint density at radius 3 is 2.34 bits per heavy atom. The second-order valence-corrected chi connectivity index (χ2v) is 9.52. The van der Waals surface area contributed by atoms with E-state index in [0.29, 0.717) is 43.6 Å². The van der Waals surface area contributed by atoms with E-state index in [1.54, 1.807) is 37.8 Å². The number of fused-ring (bicyclic) bond motifs is 1. The smallest absolute Gasteiger partial charge is 0.338 e. The molecule has 8 heteroatoms. The number of hydrogen-bond donors (Lipinski definition) is 0. The van der Waals surface area contributed by atoms with Gasteiger partial charge in [-0.3, -0.25) is 9.36 Å². The van der Waals surface area contributed by atoms with Gasteiger partial charge in [0, 0.05) is 0 Å². The number of carbonyl (C=O) groups is 1. The first-order chi connectivity index (χ1) is 16.8. The largest absolute Gasteiger partial charge is 0.493 e. The third-order valence-electron chi connectivity index (χ3n) is 6.05. The van der Waals surface area contributed by atoms with Crippen LogP contribution >= 0.6 is 11.3 Å². The lowest BCUT2D eigenvalue weighted by molar-refractivity contribution is -0.136. The Morgan fingerprint density at radius 1 is 1.06 bits per heavy atom. The monoisotopic (exact) mass is 492 g/mol. The highest BCUT2D eigenvalue weighted by Crippen LogP contribution is 2.35. The van der Waals surface area contributed by atoms with Crippen molar-refractivity contribution < 1.29 is 19.0 Å². The van der Waals surface area contributed by atoms with Crippen molar-refractivity contribution in [3.8, 4) is 11.5 Å². The van der Waals surface area contributed by atoms with E-state index in [9.17, 15) is 9.59 Å². The molecular weight excluding hydrogens is 464 g/mol. The quantitative estimate of drug-likeness (QED) is 0.492. The number of rotatable bonds is 6. The number of nitrogens with zero attached hydrogens (tertiary/aromatic N) is 2. The predicted molar refractivity (Wildman–Crippen MR) is 136 cm³/mol. The standard InChI is InChI=1S/C27H28N2O5S/c1-15(2)18-9-7-17(8-10-18)13-22-25(30)29-24(19-11-12-20(32-4)21(14-19)33-5)23(26(31)34-6)16(3)28-27(29)35-22/h7-15,24H,1-6H3/b22-13-. The molecule has 0 bridgehead atoms. The SMILES string of the molecule is COC(=O)C1=C(C)N=c2s/c(=C\c3ccc(C(C)C)cc3)c(=O)n2C1c1ccc(OC)c(OC)c1. The van der Waals surface area contributed by atoms with E-state index < -0.39 is 12.0 Å². The molecule has 35 heavy (non-hydrogen) atoms. The minimum atomic E-state index is -0.719. The number of hydrogen-bond acceptors (Lipinski definition) is 7. The number of aromatic nitrogens is 1. The van der Waals surface area contributed by atoms with E-state index in [1.165, 1.54) is 24.0 Å². The molecule has 7 nitrogen and oxygen atoms in total. The lowest BCUT2D eigenvalue weighted by atomic mass is 9.95. The summed E-state index contributed by atoms with van der Waals surface area (Å²) in [5, 5.41) is 0. The molecule has 0 aliphatic carbocycles. The Morgan fingerprint density at radius 2 is 1.74 bits per heavy atom. The predicted octanol–water partition coefficient (Wildman–Crippen LogP) is 3.55. The summed E-state index contributed by atoms with van der Waals surface area (Å²) < 4.78 is 18.0. The number of methoxy groups -OCH3 is 3. The Kier molecular flexibility index (Phi) is 6.93. The number of thiazole rings is 1. The van der Waals surface area contributed by atoms with Crippen LogP contribution in [-0.2, 0) is 9.53 Å². The molecule has 1 aliphatic heterocycles. The summed E-state index contributed by atoms with van der Waals surface area (Å²) in [6.07, 6.45) is 1.86. The molecule has 4 rings (SSSR count). The van der Waals surface area contributed by atoms with E-state index in [0.717, 1.165) is 5.56 Å². The van der Waals surface area contributed by atoms with Crippen LogP contribution in [-0.4, -0.2) is 31.9 Å². The average molecular weight is 493 g/mol. The number of ether oxygens (including phenoxy) is 3.